The largest absolute Gasteiger partial charge is 0.459 e. The van der Waals surface area contributed by atoms with Crippen molar-refractivity contribution in [2.75, 3.05) is 5.32 Å². The Labute approximate surface area is 165 Å². The second kappa shape index (κ2) is 8.26. The minimum Gasteiger partial charge on any atom is -0.459 e. The molecule has 144 valence electrons. The number of hydrogen-bond donors (Lipinski definition) is 1. The maximum atomic E-state index is 12.5. The van der Waals surface area contributed by atoms with Gasteiger partial charge in [-0.05, 0) is 36.4 Å². The first-order valence-electron chi connectivity index (χ1n) is 8.81. The molecule has 0 bridgehead atoms. The highest BCUT2D eigenvalue weighted by atomic mass is 16.5. The monoisotopic (exact) mass is 388 g/mol. The molecule has 0 aliphatic heterocycles. The molecule has 0 saturated carbocycles. The van der Waals surface area contributed by atoms with Crippen LogP contribution >= 0.6 is 0 Å². The number of carbonyl (C=O) groups is 2. The minimum absolute atomic E-state index is 0.0599. The highest BCUT2D eigenvalue weighted by Crippen LogP contribution is 2.20. The van der Waals surface area contributed by atoms with Gasteiger partial charge in [0.1, 0.15) is 18.6 Å². The molecule has 4 rings (SSSR count). The summed E-state index contributed by atoms with van der Waals surface area (Å²) in [6.07, 6.45) is 2.84. The van der Waals surface area contributed by atoms with E-state index in [9.17, 15) is 9.59 Å². The zero-order valence-electron chi connectivity index (χ0n) is 15.2. The van der Waals surface area contributed by atoms with E-state index < -0.39 is 11.9 Å². The van der Waals surface area contributed by atoms with Crippen LogP contribution in [0.5, 0.6) is 0 Å². The molecular weight excluding hydrogens is 372 g/mol. The fourth-order valence-corrected chi connectivity index (χ4v) is 2.67. The Morgan fingerprint density at radius 1 is 0.931 bits per heavy atom. The number of benzene rings is 2. The van der Waals surface area contributed by atoms with E-state index >= 15 is 0 Å². The van der Waals surface area contributed by atoms with E-state index in [1.54, 1.807) is 30.3 Å². The Morgan fingerprint density at radius 3 is 2.52 bits per heavy atom. The number of furan rings is 1. The number of hydrogen-bond acceptors (Lipinski definition) is 6. The summed E-state index contributed by atoms with van der Waals surface area (Å²) in [6, 6.07) is 19.1. The van der Waals surface area contributed by atoms with Gasteiger partial charge in [0.15, 0.2) is 5.76 Å². The van der Waals surface area contributed by atoms with Gasteiger partial charge in [0.05, 0.1) is 17.5 Å². The predicted octanol–water partition coefficient (Wildman–Crippen LogP) is 4.54. The third-order valence-corrected chi connectivity index (χ3v) is 4.06. The van der Waals surface area contributed by atoms with Crippen LogP contribution < -0.4 is 5.32 Å². The van der Waals surface area contributed by atoms with Gasteiger partial charge in [-0.2, -0.15) is 0 Å². The normalized spacial score (nSPS) is 10.5. The smallest absolute Gasteiger partial charge is 0.340 e. The minimum atomic E-state index is -0.593. The molecule has 0 spiro atoms. The summed E-state index contributed by atoms with van der Waals surface area (Å²) in [5.41, 5.74) is 1.86. The molecule has 0 aliphatic rings. The van der Waals surface area contributed by atoms with Gasteiger partial charge >= 0.3 is 5.97 Å². The van der Waals surface area contributed by atoms with Crippen molar-refractivity contribution in [1.82, 2.24) is 4.98 Å². The number of anilines is 1. The second-order valence-corrected chi connectivity index (χ2v) is 6.06. The maximum absolute atomic E-state index is 12.5. The molecule has 1 N–H and O–H groups in total. The van der Waals surface area contributed by atoms with Crippen LogP contribution in [0.25, 0.3) is 11.5 Å². The quantitative estimate of drug-likeness (QED) is 0.487. The summed E-state index contributed by atoms with van der Waals surface area (Å²) < 4.78 is 15.8. The fraction of sp³-hybridized carbons (Fsp3) is 0.0455. The number of para-hydroxylation sites is 1. The highest BCUT2D eigenvalue weighted by molar-refractivity contribution is 6.06. The van der Waals surface area contributed by atoms with Crippen LogP contribution in [0, 0.1) is 0 Å². The second-order valence-electron chi connectivity index (χ2n) is 6.06. The van der Waals surface area contributed by atoms with Crippen molar-refractivity contribution in [1.29, 1.82) is 0 Å². The first-order chi connectivity index (χ1) is 14.2. The molecular formula is C22H16N2O5. The topological polar surface area (TPSA) is 94.6 Å². The van der Waals surface area contributed by atoms with E-state index in [0.29, 0.717) is 17.3 Å². The molecule has 4 aromatic rings. The lowest BCUT2D eigenvalue weighted by atomic mass is 10.1. The van der Waals surface area contributed by atoms with Crippen LogP contribution in [-0.4, -0.2) is 16.9 Å². The molecule has 2 aromatic carbocycles. The van der Waals surface area contributed by atoms with E-state index in [2.05, 4.69) is 10.3 Å². The zero-order chi connectivity index (χ0) is 20.1. The SMILES string of the molecule is O=C(Nc1ccccc1C(=O)OCc1coc(-c2ccccc2)n1)c1ccco1. The van der Waals surface area contributed by atoms with Crippen molar-refractivity contribution >= 4 is 17.6 Å². The Morgan fingerprint density at radius 2 is 1.72 bits per heavy atom. The van der Waals surface area contributed by atoms with Crippen molar-refractivity contribution in [3.05, 3.63) is 96.3 Å². The molecule has 0 aliphatic carbocycles. The number of nitrogens with one attached hydrogen (secondary N) is 1. The van der Waals surface area contributed by atoms with Gasteiger partial charge in [-0.15, -0.1) is 0 Å². The number of nitrogens with zero attached hydrogens (tertiary/aromatic N) is 1. The molecule has 29 heavy (non-hydrogen) atoms. The Hall–Kier alpha value is -4.13. The number of oxazole rings is 1. The van der Waals surface area contributed by atoms with Gasteiger partial charge in [-0.3, -0.25) is 4.79 Å². The Bertz CT molecular complexity index is 1120. The molecule has 0 radical (unpaired) electrons. The third kappa shape index (κ3) is 4.24. The Balaban J connectivity index is 1.43. The van der Waals surface area contributed by atoms with Crippen LogP contribution in [0.1, 0.15) is 26.6 Å². The van der Waals surface area contributed by atoms with E-state index in [1.807, 2.05) is 30.3 Å². The van der Waals surface area contributed by atoms with Crippen LogP contribution in [0.15, 0.2) is 88.1 Å². The molecule has 0 unspecified atom stereocenters. The van der Waals surface area contributed by atoms with E-state index in [-0.39, 0.29) is 17.9 Å². The van der Waals surface area contributed by atoms with Crippen LogP contribution in [0.3, 0.4) is 0 Å². The molecule has 2 aromatic heterocycles. The summed E-state index contributed by atoms with van der Waals surface area (Å²) in [4.78, 5) is 29.0. The Kier molecular flexibility index (Phi) is 5.20. The molecule has 7 heteroatoms. The maximum Gasteiger partial charge on any atom is 0.340 e. The van der Waals surface area contributed by atoms with Gasteiger partial charge in [0, 0.05) is 5.56 Å². The zero-order valence-corrected chi connectivity index (χ0v) is 15.2. The summed E-state index contributed by atoms with van der Waals surface area (Å²) >= 11 is 0. The van der Waals surface area contributed by atoms with Crippen LogP contribution in [-0.2, 0) is 11.3 Å². The van der Waals surface area contributed by atoms with Crippen molar-refractivity contribution in [2.45, 2.75) is 6.61 Å². The summed E-state index contributed by atoms with van der Waals surface area (Å²) in [5.74, 6) is -0.462. The molecule has 1 amide bonds. The molecule has 0 atom stereocenters. The van der Waals surface area contributed by atoms with Crippen LogP contribution in [0.4, 0.5) is 5.69 Å². The lowest BCUT2D eigenvalue weighted by Gasteiger charge is -2.09. The van der Waals surface area contributed by atoms with Gasteiger partial charge in [-0.25, -0.2) is 9.78 Å². The van der Waals surface area contributed by atoms with E-state index in [0.717, 1.165) is 5.56 Å². The van der Waals surface area contributed by atoms with E-state index in [4.69, 9.17) is 13.6 Å². The molecule has 0 fully saturated rings. The standard InChI is InChI=1S/C22H16N2O5/c25-20(19-11-6-12-27-19)24-18-10-5-4-9-17(18)22(26)29-14-16-13-28-21(23-16)15-7-2-1-3-8-15/h1-13H,14H2,(H,24,25). The number of amides is 1. The van der Waals surface area contributed by atoms with Crippen molar-refractivity contribution < 1.29 is 23.2 Å². The first-order valence-corrected chi connectivity index (χ1v) is 8.81. The number of esters is 1. The molecule has 0 saturated heterocycles. The lowest BCUT2D eigenvalue weighted by Crippen LogP contribution is -2.15. The lowest BCUT2D eigenvalue weighted by molar-refractivity contribution is 0.0469. The highest BCUT2D eigenvalue weighted by Gasteiger charge is 2.17. The number of ether oxygens (including phenoxy) is 1. The third-order valence-electron chi connectivity index (χ3n) is 4.06. The average Bonchev–Trinajstić information content (AvgIpc) is 3.45. The van der Waals surface area contributed by atoms with Crippen LogP contribution in [0.2, 0.25) is 0 Å². The van der Waals surface area contributed by atoms with Gasteiger partial charge in [0.25, 0.3) is 5.91 Å². The number of rotatable bonds is 6. The summed E-state index contributed by atoms with van der Waals surface area (Å²) in [7, 11) is 0. The van der Waals surface area contributed by atoms with E-state index in [1.165, 1.54) is 18.6 Å². The predicted molar refractivity (Wildman–Crippen MR) is 104 cm³/mol. The molecule has 7 nitrogen and oxygen atoms in total. The number of carbonyl (C=O) groups excluding carboxylic acids is 2. The van der Waals surface area contributed by atoms with Gasteiger partial charge in [0.2, 0.25) is 5.89 Å². The number of aromatic nitrogens is 1. The summed E-state index contributed by atoms with van der Waals surface area (Å²) in [6.45, 7) is -0.0599. The van der Waals surface area contributed by atoms with Crippen molar-refractivity contribution in [2.24, 2.45) is 0 Å². The molecule has 2 heterocycles. The first kappa shape index (κ1) is 18.2. The van der Waals surface area contributed by atoms with Gasteiger partial charge in [-0.1, -0.05) is 30.3 Å². The average molecular weight is 388 g/mol. The van der Waals surface area contributed by atoms with Crippen molar-refractivity contribution in [3.8, 4) is 11.5 Å². The fourth-order valence-electron chi connectivity index (χ4n) is 2.67. The van der Waals surface area contributed by atoms with Crippen molar-refractivity contribution in [3.63, 3.8) is 0 Å². The summed E-state index contributed by atoms with van der Waals surface area (Å²) in [5, 5.41) is 2.65. The van der Waals surface area contributed by atoms with Gasteiger partial charge < -0.3 is 18.9 Å².